The molecule has 0 amide bonds. The summed E-state index contributed by atoms with van der Waals surface area (Å²) in [6.07, 6.45) is 7.74. The average Bonchev–Trinajstić information content (AvgIpc) is 2.70. The predicted molar refractivity (Wildman–Crippen MR) is 60.4 cm³/mol. The molecule has 2 saturated carbocycles. The number of rotatable bonds is 0. The van der Waals surface area contributed by atoms with Gasteiger partial charge in [0.15, 0.2) is 0 Å². The molecule has 3 aliphatic carbocycles. The van der Waals surface area contributed by atoms with E-state index in [1.165, 1.54) is 6.42 Å². The van der Waals surface area contributed by atoms with Crippen LogP contribution in [0.25, 0.3) is 0 Å². The Morgan fingerprint density at radius 3 is 2.87 bits per heavy atom. The van der Waals surface area contributed by atoms with Gasteiger partial charge in [0, 0.05) is 6.42 Å². The Labute approximate surface area is 91.9 Å². The van der Waals surface area contributed by atoms with Crippen molar-refractivity contribution in [1.82, 2.24) is 0 Å². The fraction of sp³-hybridized carbons (Fsp3) is 0.786. The summed E-state index contributed by atoms with van der Waals surface area (Å²) in [4.78, 5) is 12.2. The van der Waals surface area contributed by atoms with Gasteiger partial charge in [-0.3, -0.25) is 4.79 Å². The summed E-state index contributed by atoms with van der Waals surface area (Å²) >= 11 is 0. The Morgan fingerprint density at radius 1 is 1.40 bits per heavy atom. The van der Waals surface area contributed by atoms with Crippen molar-refractivity contribution >= 4 is 5.78 Å². The fourth-order valence-electron chi connectivity index (χ4n) is 4.70. The first-order chi connectivity index (χ1) is 6.98. The molecule has 0 bridgehead atoms. The van der Waals surface area contributed by atoms with Gasteiger partial charge >= 0.3 is 0 Å². The summed E-state index contributed by atoms with van der Waals surface area (Å²) in [5.74, 6) is 2.36. The highest BCUT2D eigenvalue weighted by Gasteiger charge is 2.65. The molecule has 82 valence electrons. The normalized spacial score (nSPS) is 50.9. The van der Waals surface area contributed by atoms with E-state index in [4.69, 9.17) is 0 Å². The first kappa shape index (κ1) is 9.62. The maximum Gasteiger partial charge on any atom is 0.143 e. The predicted octanol–water partition coefficient (Wildman–Crippen LogP) is 3.20. The highest BCUT2D eigenvalue weighted by atomic mass is 16.1. The minimum absolute atomic E-state index is 0.0388. The summed E-state index contributed by atoms with van der Waals surface area (Å²) in [5, 5.41) is 0. The zero-order valence-electron chi connectivity index (χ0n) is 9.92. The van der Waals surface area contributed by atoms with Crippen LogP contribution in [0.3, 0.4) is 0 Å². The van der Waals surface area contributed by atoms with Crippen LogP contribution in [0.15, 0.2) is 12.2 Å². The zero-order valence-corrected chi connectivity index (χ0v) is 9.92. The van der Waals surface area contributed by atoms with E-state index in [0.717, 1.165) is 12.8 Å². The van der Waals surface area contributed by atoms with Crippen LogP contribution in [-0.4, -0.2) is 5.78 Å². The van der Waals surface area contributed by atoms with Gasteiger partial charge < -0.3 is 0 Å². The molecule has 0 N–H and O–H groups in total. The smallest absolute Gasteiger partial charge is 0.143 e. The molecule has 0 aromatic heterocycles. The third-order valence-electron chi connectivity index (χ3n) is 5.33. The Kier molecular flexibility index (Phi) is 1.64. The van der Waals surface area contributed by atoms with Gasteiger partial charge in [0.25, 0.3) is 0 Å². The van der Waals surface area contributed by atoms with Crippen molar-refractivity contribution < 1.29 is 4.79 Å². The largest absolute Gasteiger partial charge is 0.299 e. The van der Waals surface area contributed by atoms with Gasteiger partial charge in [0.05, 0.1) is 5.41 Å². The average molecular weight is 204 g/mol. The number of hydrogen-bond donors (Lipinski definition) is 0. The van der Waals surface area contributed by atoms with E-state index in [-0.39, 0.29) is 5.41 Å². The maximum absolute atomic E-state index is 12.2. The number of carbonyl (C=O) groups excluding carboxylic acids is 1. The molecular weight excluding hydrogens is 184 g/mol. The zero-order chi connectivity index (χ0) is 10.8. The molecule has 1 unspecified atom stereocenters. The molecule has 3 aliphatic rings. The Balaban J connectivity index is 2.13. The third-order valence-corrected chi connectivity index (χ3v) is 5.33. The van der Waals surface area contributed by atoms with Crippen LogP contribution in [0.2, 0.25) is 0 Å². The second kappa shape index (κ2) is 2.56. The number of carbonyl (C=O) groups is 1. The van der Waals surface area contributed by atoms with E-state index in [9.17, 15) is 4.79 Å². The van der Waals surface area contributed by atoms with Gasteiger partial charge in [-0.2, -0.15) is 0 Å². The van der Waals surface area contributed by atoms with Gasteiger partial charge in [-0.15, -0.1) is 0 Å². The number of allylic oxidation sites excluding steroid dienone is 2. The molecule has 1 spiro atoms. The lowest BCUT2D eigenvalue weighted by Gasteiger charge is -2.31. The molecule has 0 heterocycles. The summed E-state index contributed by atoms with van der Waals surface area (Å²) in [6, 6.07) is 0. The standard InChI is InChI=1S/C14H20O/c1-9-6-7-14-10(9)8-13(2,3)11(14)4-5-12(14)15/h6-7,9-11H,4-5,8H2,1-3H3/t9-,10-,11+,14?/m1/s1. The lowest BCUT2D eigenvalue weighted by atomic mass is 9.71. The van der Waals surface area contributed by atoms with Crippen molar-refractivity contribution in [3.8, 4) is 0 Å². The highest BCUT2D eigenvalue weighted by Crippen LogP contribution is 2.67. The quantitative estimate of drug-likeness (QED) is 0.554. The second-order valence-electron chi connectivity index (χ2n) is 6.46. The van der Waals surface area contributed by atoms with Crippen molar-refractivity contribution in [2.24, 2.45) is 28.6 Å². The topological polar surface area (TPSA) is 17.1 Å². The van der Waals surface area contributed by atoms with Crippen LogP contribution in [0.1, 0.15) is 40.0 Å². The van der Waals surface area contributed by atoms with E-state index in [1.54, 1.807) is 0 Å². The first-order valence-electron chi connectivity index (χ1n) is 6.21. The van der Waals surface area contributed by atoms with Crippen molar-refractivity contribution in [2.75, 3.05) is 0 Å². The van der Waals surface area contributed by atoms with Crippen molar-refractivity contribution in [1.29, 1.82) is 0 Å². The van der Waals surface area contributed by atoms with E-state index in [1.807, 2.05) is 0 Å². The Morgan fingerprint density at radius 2 is 2.13 bits per heavy atom. The van der Waals surface area contributed by atoms with Crippen LogP contribution < -0.4 is 0 Å². The van der Waals surface area contributed by atoms with Crippen molar-refractivity contribution in [2.45, 2.75) is 40.0 Å². The highest BCUT2D eigenvalue weighted by molar-refractivity contribution is 5.91. The lowest BCUT2D eigenvalue weighted by molar-refractivity contribution is -0.126. The SMILES string of the molecule is C[C@@H]1C=CC23C(=O)CC[C@H]2C(C)(C)C[C@H]13. The molecular formula is C14H20O. The van der Waals surface area contributed by atoms with Crippen molar-refractivity contribution in [3.05, 3.63) is 12.2 Å². The minimum Gasteiger partial charge on any atom is -0.299 e. The maximum atomic E-state index is 12.2. The number of Topliss-reactive ketones (excluding diaryl/α,β-unsaturated/α-hetero) is 1. The Hall–Kier alpha value is -0.590. The van der Waals surface area contributed by atoms with Gasteiger partial charge in [0.2, 0.25) is 0 Å². The third kappa shape index (κ3) is 0.926. The summed E-state index contributed by atoms with van der Waals surface area (Å²) in [5.41, 5.74) is 0.332. The Bertz CT molecular complexity index is 352. The lowest BCUT2D eigenvalue weighted by Crippen LogP contribution is -2.33. The first-order valence-corrected chi connectivity index (χ1v) is 6.21. The van der Waals surface area contributed by atoms with Gasteiger partial charge in [-0.1, -0.05) is 32.9 Å². The summed E-state index contributed by atoms with van der Waals surface area (Å²) in [6.45, 7) is 6.99. The van der Waals surface area contributed by atoms with E-state index in [2.05, 4.69) is 32.9 Å². The van der Waals surface area contributed by atoms with Gasteiger partial charge in [0.1, 0.15) is 5.78 Å². The molecule has 0 aliphatic heterocycles. The fourth-order valence-corrected chi connectivity index (χ4v) is 4.70. The number of hydrogen-bond acceptors (Lipinski definition) is 1. The van der Waals surface area contributed by atoms with Crippen LogP contribution in [0.5, 0.6) is 0 Å². The van der Waals surface area contributed by atoms with Crippen LogP contribution in [0.4, 0.5) is 0 Å². The molecule has 4 atom stereocenters. The van der Waals surface area contributed by atoms with Gasteiger partial charge in [-0.25, -0.2) is 0 Å². The molecule has 0 aromatic carbocycles. The molecule has 0 radical (unpaired) electrons. The molecule has 0 saturated heterocycles. The van der Waals surface area contributed by atoms with E-state index in [0.29, 0.717) is 29.0 Å². The number of ketones is 1. The molecule has 0 aromatic rings. The monoisotopic (exact) mass is 204 g/mol. The second-order valence-corrected chi connectivity index (χ2v) is 6.46. The van der Waals surface area contributed by atoms with Gasteiger partial charge in [-0.05, 0) is 36.0 Å². The molecule has 2 fully saturated rings. The molecule has 1 heteroatoms. The van der Waals surface area contributed by atoms with Crippen LogP contribution in [0, 0.1) is 28.6 Å². The van der Waals surface area contributed by atoms with Crippen LogP contribution >= 0.6 is 0 Å². The molecule has 15 heavy (non-hydrogen) atoms. The summed E-state index contributed by atoms with van der Waals surface area (Å²) in [7, 11) is 0. The van der Waals surface area contributed by atoms with E-state index >= 15 is 0 Å². The van der Waals surface area contributed by atoms with E-state index < -0.39 is 0 Å². The molecule has 1 nitrogen and oxygen atoms in total. The van der Waals surface area contributed by atoms with Crippen molar-refractivity contribution in [3.63, 3.8) is 0 Å². The molecule has 3 rings (SSSR count). The van der Waals surface area contributed by atoms with Crippen LogP contribution in [-0.2, 0) is 4.79 Å². The summed E-state index contributed by atoms with van der Waals surface area (Å²) < 4.78 is 0. The minimum atomic E-state index is -0.0388.